The molecule has 0 spiro atoms. The van der Waals surface area contributed by atoms with Crippen molar-refractivity contribution in [3.8, 4) is 0 Å². The van der Waals surface area contributed by atoms with Gasteiger partial charge in [0.15, 0.2) is 0 Å². The Morgan fingerprint density at radius 3 is 2.60 bits per heavy atom. The monoisotopic (exact) mass is 218 g/mol. The van der Waals surface area contributed by atoms with E-state index < -0.39 is 0 Å². The van der Waals surface area contributed by atoms with Crippen LogP contribution < -0.4 is 0 Å². The van der Waals surface area contributed by atoms with Crippen molar-refractivity contribution in [1.29, 1.82) is 0 Å². The normalized spacial score (nSPS) is 15.5. The highest BCUT2D eigenvalue weighted by Gasteiger charge is 2.12. The topological polar surface area (TPSA) is 9.23 Å². The van der Waals surface area contributed by atoms with E-state index in [9.17, 15) is 0 Å². The molecular weight excluding hydrogens is 204 g/mol. The quantitative estimate of drug-likeness (QED) is 0.702. The molecule has 78 valence electrons. The number of allylic oxidation sites excluding steroid dienone is 2. The van der Waals surface area contributed by atoms with Crippen LogP contribution in [0.3, 0.4) is 0 Å². The number of hydrogen-bond acceptors (Lipinski definition) is 2. The molecule has 1 aromatic rings. The molecule has 15 heavy (non-hydrogen) atoms. The van der Waals surface area contributed by atoms with Gasteiger partial charge in [-0.1, -0.05) is 30.0 Å². The average Bonchev–Trinajstić information content (AvgIpc) is 2.37. The van der Waals surface area contributed by atoms with Gasteiger partial charge < -0.3 is 4.74 Å². The lowest BCUT2D eigenvalue weighted by molar-refractivity contribution is 0.304. The van der Waals surface area contributed by atoms with E-state index in [1.165, 1.54) is 20.9 Å². The van der Waals surface area contributed by atoms with Gasteiger partial charge in [-0.05, 0) is 36.5 Å². The third-order valence-corrected chi connectivity index (χ3v) is 3.79. The summed E-state index contributed by atoms with van der Waals surface area (Å²) in [5, 5.41) is 0. The molecule has 2 rings (SSSR count). The molecule has 0 saturated heterocycles. The minimum absolute atomic E-state index is 0.963. The Hall–Kier alpha value is -1.15. The Labute approximate surface area is 94.8 Å². The van der Waals surface area contributed by atoms with Gasteiger partial charge in [0.1, 0.15) is 5.76 Å². The highest BCUT2D eigenvalue weighted by Crippen LogP contribution is 2.37. The molecule has 1 nitrogen and oxygen atoms in total. The Bertz CT molecular complexity index is 444. The molecule has 0 aromatic heterocycles. The van der Waals surface area contributed by atoms with E-state index in [0.29, 0.717) is 0 Å². The Balaban J connectivity index is 2.57. The Morgan fingerprint density at radius 1 is 1.13 bits per heavy atom. The molecular formula is C13H14OS. The summed E-state index contributed by atoms with van der Waals surface area (Å²) >= 11 is 1.81. The molecule has 1 aliphatic rings. The first-order valence-electron chi connectivity index (χ1n) is 4.93. The van der Waals surface area contributed by atoms with E-state index in [1.807, 2.05) is 11.8 Å². The molecule has 1 heterocycles. The SMILES string of the molecule is COC1=Cc2ccccc2SC(C)=C1C. The Morgan fingerprint density at radius 2 is 1.87 bits per heavy atom. The first-order chi connectivity index (χ1) is 7.22. The summed E-state index contributed by atoms with van der Waals surface area (Å²) in [6, 6.07) is 8.39. The fraction of sp³-hybridized carbons (Fsp3) is 0.231. The van der Waals surface area contributed by atoms with E-state index in [1.54, 1.807) is 7.11 Å². The number of fused-ring (bicyclic) bond motifs is 1. The molecule has 2 heteroatoms. The van der Waals surface area contributed by atoms with Gasteiger partial charge in [0, 0.05) is 10.5 Å². The molecule has 0 N–H and O–H groups in total. The fourth-order valence-electron chi connectivity index (χ4n) is 1.57. The number of hydrogen-bond donors (Lipinski definition) is 0. The first-order valence-corrected chi connectivity index (χ1v) is 5.74. The minimum atomic E-state index is 0.963. The zero-order valence-electron chi connectivity index (χ0n) is 9.20. The molecule has 1 aliphatic heterocycles. The van der Waals surface area contributed by atoms with Gasteiger partial charge in [-0.2, -0.15) is 0 Å². The summed E-state index contributed by atoms with van der Waals surface area (Å²) in [7, 11) is 1.72. The van der Waals surface area contributed by atoms with E-state index in [-0.39, 0.29) is 0 Å². The maximum absolute atomic E-state index is 5.40. The molecule has 1 aromatic carbocycles. The van der Waals surface area contributed by atoms with Crippen LogP contribution in [0.2, 0.25) is 0 Å². The van der Waals surface area contributed by atoms with Gasteiger partial charge >= 0.3 is 0 Å². The van der Waals surface area contributed by atoms with Gasteiger partial charge in [0.25, 0.3) is 0 Å². The first kappa shape index (κ1) is 10.4. The van der Waals surface area contributed by atoms with E-state index in [0.717, 1.165) is 5.76 Å². The van der Waals surface area contributed by atoms with E-state index >= 15 is 0 Å². The van der Waals surface area contributed by atoms with Crippen LogP contribution in [0.15, 0.2) is 45.4 Å². The molecule has 0 saturated carbocycles. The van der Waals surface area contributed by atoms with Crippen LogP contribution in [0.4, 0.5) is 0 Å². The largest absolute Gasteiger partial charge is 0.496 e. The summed E-state index contributed by atoms with van der Waals surface area (Å²) in [5.74, 6) is 0.963. The molecule has 0 bridgehead atoms. The Kier molecular flexibility index (Phi) is 2.87. The lowest BCUT2D eigenvalue weighted by atomic mass is 10.1. The second kappa shape index (κ2) is 4.15. The predicted molar refractivity (Wildman–Crippen MR) is 65.7 cm³/mol. The van der Waals surface area contributed by atoms with Crippen LogP contribution in [-0.2, 0) is 4.74 Å². The van der Waals surface area contributed by atoms with Crippen LogP contribution in [0, 0.1) is 0 Å². The van der Waals surface area contributed by atoms with Gasteiger partial charge in [-0.25, -0.2) is 0 Å². The van der Waals surface area contributed by atoms with E-state index in [2.05, 4.69) is 44.2 Å². The maximum atomic E-state index is 5.40. The van der Waals surface area contributed by atoms with Crippen LogP contribution >= 0.6 is 11.8 Å². The van der Waals surface area contributed by atoms with Crippen LogP contribution in [0.5, 0.6) is 0 Å². The zero-order chi connectivity index (χ0) is 10.8. The van der Waals surface area contributed by atoms with Gasteiger partial charge in [-0.3, -0.25) is 0 Å². The van der Waals surface area contributed by atoms with Gasteiger partial charge in [0.2, 0.25) is 0 Å². The zero-order valence-corrected chi connectivity index (χ0v) is 10.0. The minimum Gasteiger partial charge on any atom is -0.496 e. The molecule has 0 fully saturated rings. The third kappa shape index (κ3) is 1.95. The number of ether oxygens (including phenoxy) is 1. The molecule has 0 atom stereocenters. The lowest BCUT2D eigenvalue weighted by Gasteiger charge is -2.06. The average molecular weight is 218 g/mol. The number of benzene rings is 1. The molecule has 0 unspecified atom stereocenters. The summed E-state index contributed by atoms with van der Waals surface area (Å²) in [6.45, 7) is 4.23. The maximum Gasteiger partial charge on any atom is 0.123 e. The van der Waals surface area contributed by atoms with Crippen LogP contribution in [0.1, 0.15) is 19.4 Å². The van der Waals surface area contributed by atoms with E-state index in [4.69, 9.17) is 4.74 Å². The molecule has 0 amide bonds. The third-order valence-electron chi connectivity index (χ3n) is 2.59. The van der Waals surface area contributed by atoms with Crippen molar-refractivity contribution >= 4 is 17.8 Å². The van der Waals surface area contributed by atoms with Crippen molar-refractivity contribution in [1.82, 2.24) is 0 Å². The summed E-state index contributed by atoms with van der Waals surface area (Å²) < 4.78 is 5.40. The van der Waals surface area contributed by atoms with Crippen molar-refractivity contribution in [3.63, 3.8) is 0 Å². The lowest BCUT2D eigenvalue weighted by Crippen LogP contribution is -1.89. The van der Waals surface area contributed by atoms with Gasteiger partial charge in [-0.15, -0.1) is 0 Å². The number of thioether (sulfide) groups is 1. The summed E-state index contributed by atoms with van der Waals surface area (Å²) in [6.07, 6.45) is 2.11. The highest BCUT2D eigenvalue weighted by atomic mass is 32.2. The van der Waals surface area contributed by atoms with Crippen molar-refractivity contribution in [2.75, 3.05) is 7.11 Å². The number of methoxy groups -OCH3 is 1. The van der Waals surface area contributed by atoms with Crippen molar-refractivity contribution in [2.24, 2.45) is 0 Å². The molecule has 0 aliphatic carbocycles. The smallest absolute Gasteiger partial charge is 0.123 e. The predicted octanol–water partition coefficient (Wildman–Crippen LogP) is 4.07. The second-order valence-electron chi connectivity index (χ2n) is 3.53. The van der Waals surface area contributed by atoms with Crippen molar-refractivity contribution in [3.05, 3.63) is 46.1 Å². The number of rotatable bonds is 1. The van der Waals surface area contributed by atoms with Crippen molar-refractivity contribution in [2.45, 2.75) is 18.7 Å². The van der Waals surface area contributed by atoms with Crippen molar-refractivity contribution < 1.29 is 4.74 Å². The summed E-state index contributed by atoms with van der Waals surface area (Å²) in [5.41, 5.74) is 2.45. The molecule has 0 radical (unpaired) electrons. The standard InChI is InChI=1S/C13H14OS/c1-9-10(2)15-13-7-5-4-6-11(13)8-12(9)14-3/h4-8H,1-3H3. The highest BCUT2D eigenvalue weighted by molar-refractivity contribution is 8.03. The fourth-order valence-corrected chi connectivity index (χ4v) is 2.54. The second-order valence-corrected chi connectivity index (χ2v) is 4.79. The van der Waals surface area contributed by atoms with Gasteiger partial charge in [0.05, 0.1) is 7.11 Å². The van der Waals surface area contributed by atoms with Crippen LogP contribution in [-0.4, -0.2) is 7.11 Å². The van der Waals surface area contributed by atoms with Crippen LogP contribution in [0.25, 0.3) is 6.08 Å². The summed E-state index contributed by atoms with van der Waals surface area (Å²) in [4.78, 5) is 2.59.